The molecule has 162 valence electrons. The van der Waals surface area contributed by atoms with Crippen molar-refractivity contribution in [3.8, 4) is 27.9 Å². The van der Waals surface area contributed by atoms with Crippen molar-refractivity contribution in [3.05, 3.63) is 125 Å². The second kappa shape index (κ2) is 7.20. The van der Waals surface area contributed by atoms with Crippen molar-refractivity contribution in [1.29, 1.82) is 0 Å². The van der Waals surface area contributed by atoms with E-state index >= 15 is 0 Å². The summed E-state index contributed by atoms with van der Waals surface area (Å²) < 4.78 is 2.40. The van der Waals surface area contributed by atoms with Crippen LogP contribution in [0.2, 0.25) is 0 Å². The van der Waals surface area contributed by atoms with Gasteiger partial charge in [0.1, 0.15) is 0 Å². The third kappa shape index (κ3) is 2.87. The minimum Gasteiger partial charge on any atom is -0.309 e. The first-order chi connectivity index (χ1) is 16.7. The molecule has 0 fully saturated rings. The SMILES string of the molecule is Cc1ccc(-n2c3ccc(C)cc3c3cc(-c4ccc5c(c4)-c4ccccc4C5)ccc32)cc1. The van der Waals surface area contributed by atoms with Gasteiger partial charge in [-0.05, 0) is 96.1 Å². The van der Waals surface area contributed by atoms with Crippen LogP contribution < -0.4 is 0 Å². The summed E-state index contributed by atoms with van der Waals surface area (Å²) in [6, 6.07) is 38.4. The Morgan fingerprint density at radius 1 is 0.529 bits per heavy atom. The molecule has 0 atom stereocenters. The van der Waals surface area contributed by atoms with Crippen LogP contribution in [0.5, 0.6) is 0 Å². The molecular formula is C33H25N. The number of fused-ring (bicyclic) bond motifs is 6. The fourth-order valence-corrected chi connectivity index (χ4v) is 5.59. The summed E-state index contributed by atoms with van der Waals surface area (Å²) in [7, 11) is 0. The van der Waals surface area contributed by atoms with Gasteiger partial charge >= 0.3 is 0 Å². The van der Waals surface area contributed by atoms with Gasteiger partial charge in [0.05, 0.1) is 11.0 Å². The summed E-state index contributed by atoms with van der Waals surface area (Å²) in [5, 5.41) is 2.61. The number of rotatable bonds is 2. The third-order valence-electron chi connectivity index (χ3n) is 7.34. The molecule has 1 aromatic heterocycles. The van der Waals surface area contributed by atoms with E-state index in [-0.39, 0.29) is 0 Å². The fourth-order valence-electron chi connectivity index (χ4n) is 5.59. The minimum absolute atomic E-state index is 1.04. The molecule has 0 bridgehead atoms. The first-order valence-electron chi connectivity index (χ1n) is 12.0. The van der Waals surface area contributed by atoms with Crippen LogP contribution in [0.15, 0.2) is 103 Å². The minimum atomic E-state index is 1.04. The first kappa shape index (κ1) is 19.4. The van der Waals surface area contributed by atoms with E-state index in [2.05, 4.69) is 122 Å². The molecule has 0 aliphatic heterocycles. The number of benzene rings is 5. The second-order valence-electron chi connectivity index (χ2n) is 9.63. The lowest BCUT2D eigenvalue weighted by Gasteiger charge is -2.09. The molecule has 0 amide bonds. The number of hydrogen-bond donors (Lipinski definition) is 0. The standard InChI is InChI=1S/C33H25N/c1-21-7-13-27(14-8-21)34-32-15-9-22(2)17-30(32)31-20-24(12-16-33(31)34)23-10-11-26-18-25-5-3-4-6-28(25)29(26)19-23/h3-17,19-20H,18H2,1-2H3. The fraction of sp³-hybridized carbons (Fsp3) is 0.0909. The van der Waals surface area contributed by atoms with Crippen LogP contribution >= 0.6 is 0 Å². The van der Waals surface area contributed by atoms with Gasteiger partial charge in [-0.1, -0.05) is 71.8 Å². The summed E-state index contributed by atoms with van der Waals surface area (Å²) in [5.74, 6) is 0. The van der Waals surface area contributed by atoms with Crippen molar-refractivity contribution in [1.82, 2.24) is 4.57 Å². The van der Waals surface area contributed by atoms with Gasteiger partial charge in [-0.25, -0.2) is 0 Å². The van der Waals surface area contributed by atoms with Gasteiger partial charge in [0, 0.05) is 16.5 Å². The third-order valence-corrected chi connectivity index (χ3v) is 7.34. The van der Waals surface area contributed by atoms with Crippen molar-refractivity contribution in [2.45, 2.75) is 20.3 Å². The predicted molar refractivity (Wildman–Crippen MR) is 144 cm³/mol. The molecule has 1 aliphatic rings. The molecule has 0 saturated carbocycles. The Bertz CT molecular complexity index is 1730. The number of aromatic nitrogens is 1. The van der Waals surface area contributed by atoms with E-state index in [4.69, 9.17) is 0 Å². The van der Waals surface area contributed by atoms with Crippen molar-refractivity contribution >= 4 is 21.8 Å². The quantitative estimate of drug-likeness (QED) is 0.256. The largest absolute Gasteiger partial charge is 0.309 e. The van der Waals surface area contributed by atoms with E-state index in [0.29, 0.717) is 0 Å². The van der Waals surface area contributed by atoms with Crippen LogP contribution in [-0.2, 0) is 6.42 Å². The van der Waals surface area contributed by atoms with Crippen LogP contribution in [0.1, 0.15) is 22.3 Å². The highest BCUT2D eigenvalue weighted by atomic mass is 15.0. The monoisotopic (exact) mass is 435 g/mol. The van der Waals surface area contributed by atoms with Crippen LogP contribution in [0.3, 0.4) is 0 Å². The number of hydrogen-bond acceptors (Lipinski definition) is 0. The number of nitrogens with zero attached hydrogens (tertiary/aromatic N) is 1. The van der Waals surface area contributed by atoms with Gasteiger partial charge in [-0.3, -0.25) is 0 Å². The summed E-state index contributed by atoms with van der Waals surface area (Å²) in [5.41, 5.74) is 14.4. The first-order valence-corrected chi connectivity index (χ1v) is 12.0. The molecule has 7 rings (SSSR count). The smallest absolute Gasteiger partial charge is 0.0541 e. The molecule has 5 aromatic carbocycles. The molecule has 1 heteroatoms. The average Bonchev–Trinajstić information content (AvgIpc) is 3.39. The van der Waals surface area contributed by atoms with Gasteiger partial charge in [-0.2, -0.15) is 0 Å². The maximum atomic E-state index is 2.40. The average molecular weight is 436 g/mol. The molecule has 0 spiro atoms. The van der Waals surface area contributed by atoms with E-state index in [1.807, 2.05) is 0 Å². The van der Waals surface area contributed by atoms with Crippen LogP contribution in [-0.4, -0.2) is 4.57 Å². The van der Waals surface area contributed by atoms with E-state index < -0.39 is 0 Å². The Labute approximate surface area is 199 Å². The Balaban J connectivity index is 1.45. The van der Waals surface area contributed by atoms with Gasteiger partial charge in [-0.15, -0.1) is 0 Å². The molecule has 1 nitrogen and oxygen atoms in total. The van der Waals surface area contributed by atoms with Crippen molar-refractivity contribution in [2.24, 2.45) is 0 Å². The lowest BCUT2D eigenvalue weighted by molar-refractivity contribution is 1.17. The highest BCUT2D eigenvalue weighted by molar-refractivity contribution is 6.10. The molecule has 6 aromatic rings. The van der Waals surface area contributed by atoms with Gasteiger partial charge in [0.2, 0.25) is 0 Å². The van der Waals surface area contributed by atoms with Gasteiger partial charge < -0.3 is 4.57 Å². The lowest BCUT2D eigenvalue weighted by atomic mass is 9.97. The summed E-state index contributed by atoms with van der Waals surface area (Å²) in [6.07, 6.45) is 1.04. The summed E-state index contributed by atoms with van der Waals surface area (Å²) in [6.45, 7) is 4.32. The maximum Gasteiger partial charge on any atom is 0.0541 e. The zero-order valence-electron chi connectivity index (χ0n) is 19.5. The Kier molecular flexibility index (Phi) is 4.10. The van der Waals surface area contributed by atoms with E-state index in [1.165, 1.54) is 72.0 Å². The number of aryl methyl sites for hydroxylation is 2. The topological polar surface area (TPSA) is 4.93 Å². The Morgan fingerprint density at radius 2 is 1.18 bits per heavy atom. The van der Waals surface area contributed by atoms with Crippen LogP contribution in [0.25, 0.3) is 49.7 Å². The van der Waals surface area contributed by atoms with E-state index in [0.717, 1.165) is 6.42 Å². The molecule has 1 heterocycles. The molecule has 34 heavy (non-hydrogen) atoms. The maximum absolute atomic E-state index is 2.40. The van der Waals surface area contributed by atoms with Crippen LogP contribution in [0.4, 0.5) is 0 Å². The van der Waals surface area contributed by atoms with Crippen LogP contribution in [0, 0.1) is 13.8 Å². The Morgan fingerprint density at radius 3 is 2.03 bits per heavy atom. The highest BCUT2D eigenvalue weighted by Crippen LogP contribution is 2.40. The van der Waals surface area contributed by atoms with Gasteiger partial charge in [0.25, 0.3) is 0 Å². The van der Waals surface area contributed by atoms with Crippen molar-refractivity contribution in [2.75, 3.05) is 0 Å². The molecule has 0 unspecified atom stereocenters. The summed E-state index contributed by atoms with van der Waals surface area (Å²) >= 11 is 0. The van der Waals surface area contributed by atoms with Crippen molar-refractivity contribution < 1.29 is 0 Å². The normalized spacial score (nSPS) is 12.3. The zero-order valence-corrected chi connectivity index (χ0v) is 19.5. The van der Waals surface area contributed by atoms with E-state index in [9.17, 15) is 0 Å². The lowest BCUT2D eigenvalue weighted by Crippen LogP contribution is -1.93. The summed E-state index contributed by atoms with van der Waals surface area (Å²) in [4.78, 5) is 0. The zero-order chi connectivity index (χ0) is 22.8. The molecule has 0 saturated heterocycles. The van der Waals surface area contributed by atoms with Gasteiger partial charge in [0.15, 0.2) is 0 Å². The highest BCUT2D eigenvalue weighted by Gasteiger charge is 2.19. The van der Waals surface area contributed by atoms with E-state index in [1.54, 1.807) is 0 Å². The Hall–Kier alpha value is -4.10. The molecular weight excluding hydrogens is 410 g/mol. The predicted octanol–water partition coefficient (Wildman–Crippen LogP) is 8.64. The second-order valence-corrected chi connectivity index (χ2v) is 9.63. The van der Waals surface area contributed by atoms with Crippen molar-refractivity contribution in [3.63, 3.8) is 0 Å². The molecule has 1 aliphatic carbocycles. The molecule has 0 radical (unpaired) electrons. The molecule has 0 N–H and O–H groups in total.